The molecule has 0 aliphatic rings. The summed E-state index contributed by atoms with van der Waals surface area (Å²) in [5, 5.41) is 7.46. The number of hydrogen-bond acceptors (Lipinski definition) is 3. The predicted molar refractivity (Wildman–Crippen MR) is 57.2 cm³/mol. The van der Waals surface area contributed by atoms with E-state index in [1.165, 1.54) is 0 Å². The summed E-state index contributed by atoms with van der Waals surface area (Å²) in [7, 11) is 0. The molecule has 0 saturated heterocycles. The van der Waals surface area contributed by atoms with Crippen molar-refractivity contribution in [3.63, 3.8) is 0 Å². The highest BCUT2D eigenvalue weighted by Gasteiger charge is 2.09. The van der Waals surface area contributed by atoms with Crippen molar-refractivity contribution in [2.75, 3.05) is 0 Å². The van der Waals surface area contributed by atoms with Gasteiger partial charge in [-0.15, -0.1) is 5.10 Å². The van der Waals surface area contributed by atoms with Crippen LogP contribution in [0.25, 0.3) is 11.5 Å². The molecule has 0 saturated carbocycles. The smallest absolute Gasteiger partial charge is 0.313 e. The zero-order chi connectivity index (χ0) is 10.1. The number of hydrogen-bond donors (Lipinski definition) is 0. The summed E-state index contributed by atoms with van der Waals surface area (Å²) < 4.78 is 6.14. The molecule has 2 aromatic rings. The Morgan fingerprint density at radius 1 is 1.36 bits per heavy atom. The maximum Gasteiger partial charge on any atom is 0.313 e. The molecule has 0 radical (unpaired) electrons. The molecule has 0 atom stereocenters. The number of aryl methyl sites for hydroxylation is 1. The van der Waals surface area contributed by atoms with E-state index >= 15 is 0 Å². The van der Waals surface area contributed by atoms with E-state index in [0.29, 0.717) is 5.89 Å². The number of aromatic nitrogens is 2. The lowest BCUT2D eigenvalue weighted by molar-refractivity contribution is 0.570. The third kappa shape index (κ3) is 1.81. The van der Waals surface area contributed by atoms with Gasteiger partial charge < -0.3 is 4.42 Å². The van der Waals surface area contributed by atoms with Gasteiger partial charge in [-0.1, -0.05) is 21.0 Å². The van der Waals surface area contributed by atoms with Crippen LogP contribution >= 0.6 is 27.5 Å². The van der Waals surface area contributed by atoms with Crippen LogP contribution in [0.2, 0.25) is 5.35 Å². The first-order valence-electron chi connectivity index (χ1n) is 3.92. The van der Waals surface area contributed by atoms with Crippen LogP contribution in [-0.4, -0.2) is 10.2 Å². The minimum absolute atomic E-state index is 0.0577. The van der Waals surface area contributed by atoms with Gasteiger partial charge in [-0.05, 0) is 42.3 Å². The van der Waals surface area contributed by atoms with Crippen LogP contribution in [0.15, 0.2) is 27.1 Å². The van der Waals surface area contributed by atoms with Gasteiger partial charge in [-0.3, -0.25) is 0 Å². The van der Waals surface area contributed by atoms with Crippen LogP contribution in [-0.2, 0) is 0 Å². The maximum absolute atomic E-state index is 5.54. The monoisotopic (exact) mass is 272 g/mol. The van der Waals surface area contributed by atoms with Crippen molar-refractivity contribution in [2.45, 2.75) is 6.92 Å². The Kier molecular flexibility index (Phi) is 2.56. The van der Waals surface area contributed by atoms with Crippen molar-refractivity contribution < 1.29 is 4.42 Å². The van der Waals surface area contributed by atoms with Crippen LogP contribution in [0.5, 0.6) is 0 Å². The molecule has 0 N–H and O–H groups in total. The second-order valence-electron chi connectivity index (χ2n) is 2.82. The van der Waals surface area contributed by atoms with Gasteiger partial charge in [0.25, 0.3) is 0 Å². The number of benzene rings is 1. The van der Waals surface area contributed by atoms with Gasteiger partial charge in [0, 0.05) is 10.0 Å². The molecular weight excluding hydrogens is 267 g/mol. The molecule has 0 unspecified atom stereocenters. The van der Waals surface area contributed by atoms with Crippen LogP contribution < -0.4 is 0 Å². The van der Waals surface area contributed by atoms with Crippen molar-refractivity contribution in [1.29, 1.82) is 0 Å². The van der Waals surface area contributed by atoms with Gasteiger partial charge in [-0.25, -0.2) is 0 Å². The Bertz CT molecular complexity index is 470. The third-order valence-electron chi connectivity index (χ3n) is 1.82. The molecule has 0 aliphatic heterocycles. The first kappa shape index (κ1) is 9.68. The summed E-state index contributed by atoms with van der Waals surface area (Å²) in [6.07, 6.45) is 0. The predicted octanol–water partition coefficient (Wildman–Crippen LogP) is 3.46. The summed E-state index contributed by atoms with van der Waals surface area (Å²) in [6.45, 7) is 1.97. The van der Waals surface area contributed by atoms with E-state index in [4.69, 9.17) is 16.0 Å². The average molecular weight is 274 g/mol. The van der Waals surface area contributed by atoms with Crippen molar-refractivity contribution in [3.8, 4) is 11.5 Å². The number of nitrogens with zero attached hydrogens (tertiary/aromatic N) is 2. The van der Waals surface area contributed by atoms with Crippen molar-refractivity contribution in [2.24, 2.45) is 0 Å². The van der Waals surface area contributed by atoms with Gasteiger partial charge in [0.05, 0.1) is 0 Å². The Morgan fingerprint density at radius 2 is 2.14 bits per heavy atom. The Morgan fingerprint density at radius 3 is 2.71 bits per heavy atom. The van der Waals surface area contributed by atoms with Crippen LogP contribution in [0.1, 0.15) is 5.56 Å². The molecule has 1 heterocycles. The van der Waals surface area contributed by atoms with Gasteiger partial charge in [0.1, 0.15) is 0 Å². The molecule has 0 spiro atoms. The summed E-state index contributed by atoms with van der Waals surface area (Å²) in [5.74, 6) is 0.444. The Labute approximate surface area is 94.2 Å². The fourth-order valence-corrected chi connectivity index (χ4v) is 1.77. The molecule has 0 aliphatic carbocycles. The number of rotatable bonds is 1. The van der Waals surface area contributed by atoms with Crippen molar-refractivity contribution in [1.82, 2.24) is 10.2 Å². The second-order valence-corrected chi connectivity index (χ2v) is 4.06. The van der Waals surface area contributed by atoms with E-state index in [1.807, 2.05) is 25.1 Å². The van der Waals surface area contributed by atoms with Gasteiger partial charge >= 0.3 is 5.35 Å². The van der Waals surface area contributed by atoms with Crippen molar-refractivity contribution >= 4 is 27.5 Å². The van der Waals surface area contributed by atoms with Gasteiger partial charge in [-0.2, -0.15) is 0 Å². The first-order chi connectivity index (χ1) is 6.66. The topological polar surface area (TPSA) is 38.9 Å². The SMILES string of the molecule is Cc1cc(Br)ccc1-c1nnc(Cl)o1. The highest BCUT2D eigenvalue weighted by Crippen LogP contribution is 2.25. The summed E-state index contributed by atoms with van der Waals surface area (Å²) in [5.41, 5.74) is 1.95. The fourth-order valence-electron chi connectivity index (χ4n) is 1.18. The zero-order valence-electron chi connectivity index (χ0n) is 7.29. The van der Waals surface area contributed by atoms with Crippen LogP contribution in [0.3, 0.4) is 0 Å². The lowest BCUT2D eigenvalue weighted by atomic mass is 10.1. The van der Waals surface area contributed by atoms with Crippen LogP contribution in [0.4, 0.5) is 0 Å². The van der Waals surface area contributed by atoms with E-state index in [2.05, 4.69) is 26.1 Å². The molecule has 14 heavy (non-hydrogen) atoms. The van der Waals surface area contributed by atoms with Gasteiger partial charge in [0.15, 0.2) is 0 Å². The molecule has 0 fully saturated rings. The molecule has 2 rings (SSSR count). The average Bonchev–Trinajstić information content (AvgIpc) is 2.51. The third-order valence-corrected chi connectivity index (χ3v) is 2.47. The summed E-state index contributed by atoms with van der Waals surface area (Å²) in [4.78, 5) is 0. The van der Waals surface area contributed by atoms with Gasteiger partial charge in [0.2, 0.25) is 5.89 Å². The Hall–Kier alpha value is -0.870. The largest absolute Gasteiger partial charge is 0.407 e. The first-order valence-corrected chi connectivity index (χ1v) is 5.09. The molecule has 0 bridgehead atoms. The quantitative estimate of drug-likeness (QED) is 0.798. The number of halogens is 2. The normalized spacial score (nSPS) is 10.5. The minimum atomic E-state index is 0.0577. The highest BCUT2D eigenvalue weighted by molar-refractivity contribution is 9.10. The lowest BCUT2D eigenvalue weighted by Gasteiger charge is -2.00. The zero-order valence-corrected chi connectivity index (χ0v) is 9.63. The molecule has 5 heteroatoms. The molecule has 1 aromatic carbocycles. The highest BCUT2D eigenvalue weighted by atomic mass is 79.9. The Balaban J connectivity index is 2.52. The molecule has 0 amide bonds. The summed E-state index contributed by atoms with van der Waals surface area (Å²) >= 11 is 8.93. The van der Waals surface area contributed by atoms with E-state index in [0.717, 1.165) is 15.6 Å². The fraction of sp³-hybridized carbons (Fsp3) is 0.111. The second kappa shape index (κ2) is 3.71. The lowest BCUT2D eigenvalue weighted by Crippen LogP contribution is -1.83. The molecule has 3 nitrogen and oxygen atoms in total. The molecule has 1 aromatic heterocycles. The minimum Gasteiger partial charge on any atom is -0.407 e. The molecular formula is C9H6BrClN2O. The van der Waals surface area contributed by atoms with Crippen molar-refractivity contribution in [3.05, 3.63) is 33.6 Å². The molecule has 72 valence electrons. The van der Waals surface area contributed by atoms with E-state index < -0.39 is 0 Å². The van der Waals surface area contributed by atoms with Crippen LogP contribution in [0, 0.1) is 6.92 Å². The maximum atomic E-state index is 5.54. The standard InChI is InChI=1S/C9H6BrClN2O/c1-5-4-6(10)2-3-7(5)8-12-13-9(11)14-8/h2-4H,1H3. The van der Waals surface area contributed by atoms with E-state index in [9.17, 15) is 0 Å². The van der Waals surface area contributed by atoms with E-state index in [1.54, 1.807) is 0 Å². The van der Waals surface area contributed by atoms with E-state index in [-0.39, 0.29) is 5.35 Å². The summed E-state index contributed by atoms with van der Waals surface area (Å²) in [6, 6.07) is 5.80.